The van der Waals surface area contributed by atoms with E-state index in [-0.39, 0.29) is 11.8 Å². The number of nitrogens with zero attached hydrogens (tertiary/aromatic N) is 9. The first-order chi connectivity index (χ1) is 19.4. The van der Waals surface area contributed by atoms with Crippen LogP contribution in [-0.4, -0.2) is 71.9 Å². The Labute approximate surface area is 233 Å². The van der Waals surface area contributed by atoms with Gasteiger partial charge >= 0.3 is 0 Å². The maximum Gasteiger partial charge on any atom is 0.225 e. The monoisotopic (exact) mass is 560 g/mol. The maximum atomic E-state index is 14.8. The SMILES string of the molecule is Cc1noc2cc(F)c(N3CCN(CCn4c(C)c(Cl)c5c4nc(N)n4nc(-c6ccccn6)nc54)CC3)cc12. The zero-order valence-corrected chi connectivity index (χ0v) is 22.7. The number of aromatic nitrogens is 7. The lowest BCUT2D eigenvalue weighted by atomic mass is 10.1. The summed E-state index contributed by atoms with van der Waals surface area (Å²) in [4.78, 5) is 18.2. The van der Waals surface area contributed by atoms with Crippen LogP contribution in [0.3, 0.4) is 0 Å². The van der Waals surface area contributed by atoms with Gasteiger partial charge in [0.25, 0.3) is 0 Å². The highest BCUT2D eigenvalue weighted by Crippen LogP contribution is 2.34. The molecule has 0 radical (unpaired) electrons. The van der Waals surface area contributed by atoms with E-state index in [0.717, 1.165) is 36.4 Å². The molecule has 6 aromatic rings. The third-order valence-electron chi connectivity index (χ3n) is 7.66. The number of aryl methyl sites for hydroxylation is 1. The van der Waals surface area contributed by atoms with Crippen LogP contribution < -0.4 is 10.6 Å². The number of anilines is 2. The molecule has 6 heterocycles. The topological polar surface area (TPSA) is 119 Å². The summed E-state index contributed by atoms with van der Waals surface area (Å²) in [5.74, 6) is 0.384. The molecule has 0 atom stereocenters. The van der Waals surface area contributed by atoms with Gasteiger partial charge in [-0.05, 0) is 32.0 Å². The summed E-state index contributed by atoms with van der Waals surface area (Å²) in [6.45, 7) is 8.28. The quantitative estimate of drug-likeness (QED) is 0.332. The minimum Gasteiger partial charge on any atom is -0.368 e. The smallest absolute Gasteiger partial charge is 0.225 e. The first kappa shape index (κ1) is 24.7. The van der Waals surface area contributed by atoms with Crippen molar-refractivity contribution in [2.24, 2.45) is 0 Å². The number of benzene rings is 1. The predicted molar refractivity (Wildman–Crippen MR) is 151 cm³/mol. The summed E-state index contributed by atoms with van der Waals surface area (Å²) in [5.41, 5.74) is 10.9. The van der Waals surface area contributed by atoms with Gasteiger partial charge in [-0.15, -0.1) is 5.10 Å². The molecule has 204 valence electrons. The Kier molecular flexibility index (Phi) is 5.82. The fourth-order valence-electron chi connectivity index (χ4n) is 5.44. The Hall–Kier alpha value is -4.29. The van der Waals surface area contributed by atoms with Gasteiger partial charge in [0.05, 0.1) is 21.8 Å². The average molecular weight is 561 g/mol. The second-order valence-electron chi connectivity index (χ2n) is 10.0. The number of hydrogen-bond acceptors (Lipinski definition) is 9. The van der Waals surface area contributed by atoms with E-state index in [1.807, 2.05) is 38.1 Å². The van der Waals surface area contributed by atoms with Crippen molar-refractivity contribution in [1.82, 2.24) is 39.2 Å². The van der Waals surface area contributed by atoms with E-state index in [0.29, 0.717) is 64.1 Å². The van der Waals surface area contributed by atoms with E-state index in [2.05, 4.69) is 34.6 Å². The lowest BCUT2D eigenvalue weighted by Gasteiger charge is -2.36. The molecule has 0 spiro atoms. The largest absolute Gasteiger partial charge is 0.368 e. The van der Waals surface area contributed by atoms with Gasteiger partial charge in [-0.1, -0.05) is 22.8 Å². The minimum atomic E-state index is -0.296. The van der Waals surface area contributed by atoms with Gasteiger partial charge in [0.15, 0.2) is 11.2 Å². The number of halogens is 2. The zero-order chi connectivity index (χ0) is 27.5. The molecule has 7 rings (SSSR count). The van der Waals surface area contributed by atoms with Crippen LogP contribution in [0.1, 0.15) is 11.4 Å². The molecule has 13 heteroatoms. The second-order valence-corrected chi connectivity index (χ2v) is 10.4. The van der Waals surface area contributed by atoms with E-state index in [1.165, 1.54) is 10.6 Å². The van der Waals surface area contributed by atoms with Crippen LogP contribution in [0.2, 0.25) is 5.02 Å². The molecule has 5 aromatic heterocycles. The summed E-state index contributed by atoms with van der Waals surface area (Å²) in [6, 6.07) is 8.82. The Morgan fingerprint density at radius 3 is 2.65 bits per heavy atom. The number of piperazine rings is 1. The van der Waals surface area contributed by atoms with Crippen LogP contribution in [0.4, 0.5) is 16.0 Å². The normalized spacial score (nSPS) is 14.8. The summed E-state index contributed by atoms with van der Waals surface area (Å²) in [6.07, 6.45) is 1.69. The van der Waals surface area contributed by atoms with Crippen molar-refractivity contribution in [2.75, 3.05) is 43.4 Å². The van der Waals surface area contributed by atoms with Crippen LogP contribution in [-0.2, 0) is 6.54 Å². The Balaban J connectivity index is 1.12. The standard InChI is InChI=1S/C27H26ClFN10O/c1-15-17-13-20(18(29)14-21(17)40-35-15)37-10-7-36(8-11-37)9-12-38-16(2)23(28)22-25(38)33-27(30)39-26(22)32-24(34-39)19-5-3-4-6-31-19/h3-6,13-14H,7-12H2,1-2H3,(H2,30,33). The Morgan fingerprint density at radius 2 is 1.88 bits per heavy atom. The Morgan fingerprint density at radius 1 is 1.05 bits per heavy atom. The average Bonchev–Trinajstić information content (AvgIpc) is 3.63. The molecule has 0 saturated carbocycles. The summed E-state index contributed by atoms with van der Waals surface area (Å²) in [7, 11) is 0. The fourth-order valence-corrected chi connectivity index (χ4v) is 5.71. The molecule has 1 aliphatic heterocycles. The van der Waals surface area contributed by atoms with Crippen LogP contribution in [0.25, 0.3) is 39.2 Å². The summed E-state index contributed by atoms with van der Waals surface area (Å²) in [5, 5.41) is 10.6. The third kappa shape index (κ3) is 3.94. The van der Waals surface area contributed by atoms with Crippen molar-refractivity contribution >= 4 is 50.9 Å². The Bertz CT molecular complexity index is 1890. The van der Waals surface area contributed by atoms with E-state index < -0.39 is 0 Å². The number of hydrogen-bond donors (Lipinski definition) is 1. The predicted octanol–water partition coefficient (Wildman–Crippen LogP) is 4.10. The number of rotatable bonds is 5. The fraction of sp³-hybridized carbons (Fsp3) is 0.296. The maximum absolute atomic E-state index is 14.8. The number of fused-ring (bicyclic) bond motifs is 4. The third-order valence-corrected chi connectivity index (χ3v) is 8.12. The van der Waals surface area contributed by atoms with Gasteiger partial charge in [-0.25, -0.2) is 9.37 Å². The lowest BCUT2D eigenvalue weighted by Crippen LogP contribution is -2.47. The summed E-state index contributed by atoms with van der Waals surface area (Å²) >= 11 is 6.84. The van der Waals surface area contributed by atoms with Crippen molar-refractivity contribution in [2.45, 2.75) is 20.4 Å². The molecule has 0 bridgehead atoms. The van der Waals surface area contributed by atoms with Crippen LogP contribution in [0.15, 0.2) is 41.1 Å². The number of pyridine rings is 1. The van der Waals surface area contributed by atoms with Gasteiger partial charge in [-0.2, -0.15) is 9.50 Å². The van der Waals surface area contributed by atoms with Crippen molar-refractivity contribution in [3.63, 3.8) is 0 Å². The molecular weight excluding hydrogens is 535 g/mol. The van der Waals surface area contributed by atoms with Crippen molar-refractivity contribution in [3.8, 4) is 11.5 Å². The van der Waals surface area contributed by atoms with Crippen LogP contribution in [0.5, 0.6) is 0 Å². The van der Waals surface area contributed by atoms with E-state index in [4.69, 9.17) is 26.8 Å². The molecule has 1 saturated heterocycles. The molecular formula is C27H26ClFN10O. The minimum absolute atomic E-state index is 0.225. The van der Waals surface area contributed by atoms with Crippen LogP contribution in [0, 0.1) is 19.7 Å². The molecule has 2 N–H and O–H groups in total. The molecule has 0 aliphatic carbocycles. The first-order valence-electron chi connectivity index (χ1n) is 13.0. The van der Waals surface area contributed by atoms with Crippen molar-refractivity contribution in [1.29, 1.82) is 0 Å². The zero-order valence-electron chi connectivity index (χ0n) is 22.0. The van der Waals surface area contributed by atoms with Gasteiger partial charge in [-0.3, -0.25) is 9.88 Å². The van der Waals surface area contributed by atoms with Crippen molar-refractivity contribution in [3.05, 3.63) is 58.8 Å². The van der Waals surface area contributed by atoms with E-state index in [9.17, 15) is 4.39 Å². The molecule has 1 fully saturated rings. The van der Waals surface area contributed by atoms with E-state index >= 15 is 0 Å². The highest BCUT2D eigenvalue weighted by Gasteiger charge is 2.24. The van der Waals surface area contributed by atoms with Crippen molar-refractivity contribution < 1.29 is 8.91 Å². The summed E-state index contributed by atoms with van der Waals surface area (Å²) < 4.78 is 23.6. The number of nitrogen functional groups attached to an aromatic ring is 1. The van der Waals surface area contributed by atoms with E-state index in [1.54, 1.807) is 6.20 Å². The van der Waals surface area contributed by atoms with Gasteiger partial charge in [0.1, 0.15) is 17.2 Å². The van der Waals surface area contributed by atoms with Gasteiger partial charge in [0, 0.05) is 62.6 Å². The highest BCUT2D eigenvalue weighted by molar-refractivity contribution is 6.37. The number of nitrogens with two attached hydrogens (primary N) is 1. The molecule has 0 amide bonds. The molecule has 1 aliphatic rings. The molecule has 40 heavy (non-hydrogen) atoms. The highest BCUT2D eigenvalue weighted by atomic mass is 35.5. The molecule has 0 unspecified atom stereocenters. The van der Waals surface area contributed by atoms with Crippen LogP contribution >= 0.6 is 11.6 Å². The lowest BCUT2D eigenvalue weighted by molar-refractivity contribution is 0.248. The first-order valence-corrected chi connectivity index (χ1v) is 13.4. The van der Waals surface area contributed by atoms with Gasteiger partial charge < -0.3 is 19.7 Å². The molecule has 11 nitrogen and oxygen atoms in total. The van der Waals surface area contributed by atoms with Gasteiger partial charge in [0.2, 0.25) is 11.8 Å². The molecule has 1 aromatic carbocycles. The second kappa shape index (κ2) is 9.42.